The normalized spacial score (nSPS) is 12.6. The van der Waals surface area contributed by atoms with Crippen molar-refractivity contribution < 1.29 is 31.1 Å². The van der Waals surface area contributed by atoms with Gasteiger partial charge >= 0.3 is 6.18 Å². The Kier molecular flexibility index (Phi) is 9.69. The number of methoxy groups -OCH3 is 1. The number of alkyl halides is 3. The van der Waals surface area contributed by atoms with E-state index in [0.717, 1.165) is 41.2 Å². The minimum Gasteiger partial charge on any atom is -0.497 e. The molecule has 0 saturated carbocycles. The van der Waals surface area contributed by atoms with Crippen LogP contribution in [-0.4, -0.2) is 50.0 Å². The number of nitrogens with one attached hydrogen (secondary N) is 1. The third-order valence-corrected chi connectivity index (χ3v) is 8.12. The Bertz CT molecular complexity index is 1360. The van der Waals surface area contributed by atoms with Crippen LogP contribution in [0.15, 0.2) is 64.9 Å². The molecule has 0 aliphatic heterocycles. The molecule has 3 rings (SSSR count). The molecule has 2 aromatic carbocycles. The molecule has 1 heterocycles. The van der Waals surface area contributed by atoms with Gasteiger partial charge in [-0.25, -0.2) is 13.4 Å². The highest BCUT2D eigenvalue weighted by molar-refractivity contribution is 7.89. The molecule has 12 heteroatoms. The molecule has 1 amide bonds. The van der Waals surface area contributed by atoms with Crippen molar-refractivity contribution in [2.24, 2.45) is 0 Å². The van der Waals surface area contributed by atoms with Gasteiger partial charge in [0.2, 0.25) is 10.0 Å². The third-order valence-electron chi connectivity index (χ3n) is 5.45. The summed E-state index contributed by atoms with van der Waals surface area (Å²) in [5.41, 5.74) is -0.238. The molecule has 0 saturated heterocycles. The highest BCUT2D eigenvalue weighted by Gasteiger charge is 2.36. The van der Waals surface area contributed by atoms with Gasteiger partial charge in [-0.3, -0.25) is 10.1 Å². The van der Waals surface area contributed by atoms with Crippen LogP contribution in [0.3, 0.4) is 0 Å². The molecule has 1 N–H and O–H groups in total. The van der Waals surface area contributed by atoms with Crippen molar-refractivity contribution in [3.8, 4) is 17.0 Å². The van der Waals surface area contributed by atoms with Crippen LogP contribution in [-0.2, 0) is 14.8 Å². The van der Waals surface area contributed by atoms with Crippen molar-refractivity contribution in [2.75, 3.05) is 25.5 Å². The number of benzene rings is 2. The van der Waals surface area contributed by atoms with Crippen LogP contribution in [0, 0.1) is 0 Å². The van der Waals surface area contributed by atoms with E-state index >= 15 is 0 Å². The van der Waals surface area contributed by atoms with Gasteiger partial charge in [0.05, 0.1) is 23.3 Å². The molecule has 38 heavy (non-hydrogen) atoms. The molecular formula is C26H28F3N3O4S2. The minimum atomic E-state index is -4.86. The van der Waals surface area contributed by atoms with E-state index in [-0.39, 0.29) is 15.6 Å². The number of carbonyl (C=O) groups excluding carboxylic acids is 1. The number of anilines is 1. The second-order valence-electron chi connectivity index (χ2n) is 8.24. The monoisotopic (exact) mass is 567 g/mol. The summed E-state index contributed by atoms with van der Waals surface area (Å²) in [6, 6.07) is 11.4. The van der Waals surface area contributed by atoms with Crippen LogP contribution in [0.5, 0.6) is 5.75 Å². The van der Waals surface area contributed by atoms with Crippen molar-refractivity contribution in [1.29, 1.82) is 0 Å². The summed E-state index contributed by atoms with van der Waals surface area (Å²) < 4.78 is 73.8. The second kappa shape index (κ2) is 12.5. The molecule has 0 aliphatic rings. The zero-order valence-electron chi connectivity index (χ0n) is 21.1. The van der Waals surface area contributed by atoms with Gasteiger partial charge in [-0.2, -0.15) is 17.5 Å². The Morgan fingerprint density at radius 3 is 2.18 bits per heavy atom. The lowest BCUT2D eigenvalue weighted by Gasteiger charge is -2.21. The lowest BCUT2D eigenvalue weighted by Crippen LogP contribution is -2.32. The Morgan fingerprint density at radius 2 is 1.66 bits per heavy atom. The van der Waals surface area contributed by atoms with E-state index in [9.17, 15) is 26.4 Å². The number of allylic oxidation sites excluding steroid dienone is 1. The standard InChI is InChI=1S/C26H28F3N3O4S2/c1-4-14-32(15-5-2)38(34,35)21-12-8-18(9-13-21)22(26(27,28)29)16-24(33)31-25-30-23(17-37-25)19-6-10-20(36-3)11-7-19/h6-13,16-17H,4-5,14-15H2,1-3H3,(H,30,31,33)/b22-16-. The first-order chi connectivity index (χ1) is 18.0. The number of ether oxygens (including phenoxy) is 1. The second-order valence-corrected chi connectivity index (χ2v) is 11.0. The van der Waals surface area contributed by atoms with Gasteiger partial charge in [0.25, 0.3) is 5.91 Å². The average molecular weight is 568 g/mol. The summed E-state index contributed by atoms with van der Waals surface area (Å²) in [5.74, 6) is -0.353. The van der Waals surface area contributed by atoms with Crippen LogP contribution in [0.25, 0.3) is 16.8 Å². The first-order valence-electron chi connectivity index (χ1n) is 11.8. The largest absolute Gasteiger partial charge is 0.497 e. The summed E-state index contributed by atoms with van der Waals surface area (Å²) in [7, 11) is -2.31. The molecule has 0 fully saturated rings. The molecule has 0 aliphatic carbocycles. The van der Waals surface area contributed by atoms with E-state index in [1.54, 1.807) is 36.8 Å². The predicted octanol–water partition coefficient (Wildman–Crippen LogP) is 6.21. The maximum atomic E-state index is 13.9. The van der Waals surface area contributed by atoms with Gasteiger partial charge in [0.1, 0.15) is 5.75 Å². The molecule has 0 bridgehead atoms. The SMILES string of the molecule is CCCN(CCC)S(=O)(=O)c1ccc(/C(=C/C(=O)Nc2nc(-c3ccc(OC)cc3)cs2)C(F)(F)F)cc1. The van der Waals surface area contributed by atoms with Gasteiger partial charge in [-0.1, -0.05) is 26.0 Å². The number of thiazole rings is 1. The molecule has 0 spiro atoms. The lowest BCUT2D eigenvalue weighted by atomic mass is 10.1. The third kappa shape index (κ3) is 7.21. The maximum absolute atomic E-state index is 13.9. The Labute approximate surface area is 224 Å². The van der Waals surface area contributed by atoms with Gasteiger partial charge in [0.15, 0.2) is 5.13 Å². The molecule has 3 aromatic rings. The Hall–Kier alpha value is -3.22. The number of hydrogen-bond donors (Lipinski definition) is 1. The van der Waals surface area contributed by atoms with Crippen LogP contribution >= 0.6 is 11.3 Å². The highest BCUT2D eigenvalue weighted by Crippen LogP contribution is 2.35. The molecule has 7 nitrogen and oxygen atoms in total. The Balaban J connectivity index is 1.82. The van der Waals surface area contributed by atoms with Crippen molar-refractivity contribution in [2.45, 2.75) is 37.8 Å². The first kappa shape index (κ1) is 29.3. The highest BCUT2D eigenvalue weighted by atomic mass is 32.2. The van der Waals surface area contributed by atoms with Crippen LogP contribution < -0.4 is 10.1 Å². The van der Waals surface area contributed by atoms with Crippen molar-refractivity contribution in [1.82, 2.24) is 9.29 Å². The van der Waals surface area contributed by atoms with Crippen LogP contribution in [0.4, 0.5) is 18.3 Å². The van der Waals surface area contributed by atoms with Crippen molar-refractivity contribution in [3.63, 3.8) is 0 Å². The lowest BCUT2D eigenvalue weighted by molar-refractivity contribution is -0.112. The van der Waals surface area contributed by atoms with E-state index in [1.807, 2.05) is 13.8 Å². The summed E-state index contributed by atoms with van der Waals surface area (Å²) >= 11 is 1.07. The number of rotatable bonds is 11. The molecular weight excluding hydrogens is 539 g/mol. The van der Waals surface area contributed by atoms with Gasteiger partial charge in [-0.15, -0.1) is 11.3 Å². The Morgan fingerprint density at radius 1 is 1.05 bits per heavy atom. The fourth-order valence-electron chi connectivity index (χ4n) is 3.63. The van der Waals surface area contributed by atoms with Crippen molar-refractivity contribution >= 4 is 38.0 Å². The number of halogens is 3. The van der Waals surface area contributed by atoms with Crippen LogP contribution in [0.2, 0.25) is 0 Å². The minimum absolute atomic E-state index is 0.108. The number of aromatic nitrogens is 1. The van der Waals surface area contributed by atoms with Crippen LogP contribution in [0.1, 0.15) is 32.3 Å². The smallest absolute Gasteiger partial charge is 0.417 e. The summed E-state index contributed by atoms with van der Waals surface area (Å²) in [5, 5.41) is 4.17. The fraction of sp³-hybridized carbons (Fsp3) is 0.308. The summed E-state index contributed by atoms with van der Waals surface area (Å²) in [6.45, 7) is 4.31. The van der Waals surface area contributed by atoms with E-state index in [0.29, 0.717) is 43.5 Å². The van der Waals surface area contributed by atoms with E-state index in [2.05, 4.69) is 10.3 Å². The van der Waals surface area contributed by atoms with E-state index in [1.165, 1.54) is 4.31 Å². The number of hydrogen-bond acceptors (Lipinski definition) is 6. The summed E-state index contributed by atoms with van der Waals surface area (Å²) in [6.07, 6.45) is -3.20. The molecule has 204 valence electrons. The predicted molar refractivity (Wildman–Crippen MR) is 143 cm³/mol. The van der Waals surface area contributed by atoms with Gasteiger partial charge in [-0.05, 0) is 54.8 Å². The number of nitrogens with zero attached hydrogens (tertiary/aromatic N) is 2. The zero-order valence-corrected chi connectivity index (χ0v) is 22.7. The maximum Gasteiger partial charge on any atom is 0.417 e. The van der Waals surface area contributed by atoms with Gasteiger partial charge < -0.3 is 4.74 Å². The first-order valence-corrected chi connectivity index (χ1v) is 14.1. The van der Waals surface area contributed by atoms with Gasteiger partial charge in [0, 0.05) is 30.1 Å². The molecule has 1 aromatic heterocycles. The average Bonchev–Trinajstić information content (AvgIpc) is 3.35. The summed E-state index contributed by atoms with van der Waals surface area (Å²) in [4.78, 5) is 16.7. The quantitative estimate of drug-likeness (QED) is 0.278. The molecule has 0 unspecified atom stereocenters. The zero-order chi connectivity index (χ0) is 27.9. The van der Waals surface area contributed by atoms with E-state index in [4.69, 9.17) is 4.74 Å². The number of carbonyl (C=O) groups is 1. The fourth-order valence-corrected chi connectivity index (χ4v) is 5.98. The molecule has 0 radical (unpaired) electrons. The topological polar surface area (TPSA) is 88.6 Å². The van der Waals surface area contributed by atoms with Crippen molar-refractivity contribution in [3.05, 3.63) is 65.6 Å². The molecule has 0 atom stereocenters. The number of sulfonamides is 1. The number of amides is 1. The van der Waals surface area contributed by atoms with E-state index < -0.39 is 27.7 Å².